The van der Waals surface area contributed by atoms with Crippen LogP contribution >= 0.6 is 0 Å². The minimum atomic E-state index is -0.764. The van der Waals surface area contributed by atoms with Gasteiger partial charge in [-0.3, -0.25) is 14.5 Å². The third kappa shape index (κ3) is 5.46. The number of piperazine rings is 1. The molecule has 1 saturated carbocycles. The second kappa shape index (κ2) is 8.11. The first-order valence-corrected chi connectivity index (χ1v) is 8.90. The van der Waals surface area contributed by atoms with Gasteiger partial charge in [0.05, 0.1) is 18.1 Å². The molecule has 1 aliphatic carbocycles. The number of amides is 2. The Kier molecular flexibility index (Phi) is 6.41. The van der Waals surface area contributed by atoms with Crippen molar-refractivity contribution in [3.8, 4) is 0 Å². The van der Waals surface area contributed by atoms with E-state index < -0.39 is 11.6 Å². The molecular weight excluding hydrogens is 294 g/mol. The molecule has 6 nitrogen and oxygen atoms in total. The van der Waals surface area contributed by atoms with Crippen molar-refractivity contribution in [2.24, 2.45) is 5.92 Å². The molecule has 1 saturated heterocycles. The molecule has 132 valence electrons. The van der Waals surface area contributed by atoms with Gasteiger partial charge in [0, 0.05) is 26.2 Å². The standard InChI is InChI=1S/C17H31N3O3/c1-13(2)11-20-9-8-18-16(22)14(20)10-15(21)19-12-17(23)6-4-3-5-7-17/h13-14,23H,3-12H2,1-2H3,(H,18,22)(H,19,21). The molecule has 0 radical (unpaired) electrons. The van der Waals surface area contributed by atoms with Crippen LogP contribution in [0.15, 0.2) is 0 Å². The van der Waals surface area contributed by atoms with Crippen molar-refractivity contribution in [1.29, 1.82) is 0 Å². The molecule has 0 bridgehead atoms. The highest BCUT2D eigenvalue weighted by Crippen LogP contribution is 2.27. The van der Waals surface area contributed by atoms with Crippen LogP contribution in [-0.2, 0) is 9.59 Å². The van der Waals surface area contributed by atoms with Crippen molar-refractivity contribution < 1.29 is 14.7 Å². The van der Waals surface area contributed by atoms with Crippen LogP contribution in [0.25, 0.3) is 0 Å². The van der Waals surface area contributed by atoms with E-state index in [0.717, 1.165) is 45.2 Å². The smallest absolute Gasteiger partial charge is 0.237 e. The summed E-state index contributed by atoms with van der Waals surface area (Å²) >= 11 is 0. The van der Waals surface area contributed by atoms with Crippen molar-refractivity contribution in [3.63, 3.8) is 0 Å². The summed E-state index contributed by atoms with van der Waals surface area (Å²) in [5.41, 5.74) is -0.764. The van der Waals surface area contributed by atoms with E-state index in [4.69, 9.17) is 0 Å². The fourth-order valence-corrected chi connectivity index (χ4v) is 3.57. The van der Waals surface area contributed by atoms with Gasteiger partial charge in [0.25, 0.3) is 0 Å². The summed E-state index contributed by atoms with van der Waals surface area (Å²) < 4.78 is 0. The van der Waals surface area contributed by atoms with Crippen LogP contribution in [0.3, 0.4) is 0 Å². The third-order valence-electron chi connectivity index (χ3n) is 4.82. The van der Waals surface area contributed by atoms with E-state index in [9.17, 15) is 14.7 Å². The lowest BCUT2D eigenvalue weighted by molar-refractivity contribution is -0.134. The first-order valence-electron chi connectivity index (χ1n) is 8.90. The Bertz CT molecular complexity index is 419. The molecule has 1 atom stereocenters. The van der Waals surface area contributed by atoms with Gasteiger partial charge in [-0.15, -0.1) is 0 Å². The van der Waals surface area contributed by atoms with Gasteiger partial charge in [0.15, 0.2) is 0 Å². The number of hydrogen-bond acceptors (Lipinski definition) is 4. The Balaban J connectivity index is 1.85. The lowest BCUT2D eigenvalue weighted by Crippen LogP contribution is -2.57. The van der Waals surface area contributed by atoms with Crippen LogP contribution < -0.4 is 10.6 Å². The van der Waals surface area contributed by atoms with Crippen molar-refractivity contribution in [1.82, 2.24) is 15.5 Å². The predicted molar refractivity (Wildman–Crippen MR) is 88.9 cm³/mol. The highest BCUT2D eigenvalue weighted by atomic mass is 16.3. The normalized spacial score (nSPS) is 25.2. The molecule has 2 aliphatic rings. The molecule has 2 fully saturated rings. The second-order valence-electron chi connectivity index (χ2n) is 7.46. The van der Waals surface area contributed by atoms with Crippen LogP contribution in [0.2, 0.25) is 0 Å². The molecule has 0 aromatic carbocycles. The maximum Gasteiger partial charge on any atom is 0.237 e. The zero-order chi connectivity index (χ0) is 16.9. The van der Waals surface area contributed by atoms with Gasteiger partial charge >= 0.3 is 0 Å². The number of nitrogens with zero attached hydrogens (tertiary/aromatic N) is 1. The summed E-state index contributed by atoms with van der Waals surface area (Å²) in [7, 11) is 0. The molecule has 6 heteroatoms. The Morgan fingerprint density at radius 3 is 2.74 bits per heavy atom. The van der Waals surface area contributed by atoms with Gasteiger partial charge in [-0.05, 0) is 18.8 Å². The van der Waals surface area contributed by atoms with Crippen molar-refractivity contribution in [2.45, 2.75) is 64.0 Å². The molecule has 3 N–H and O–H groups in total. The average Bonchev–Trinajstić information content (AvgIpc) is 2.49. The summed E-state index contributed by atoms with van der Waals surface area (Å²) in [6.07, 6.45) is 4.84. The summed E-state index contributed by atoms with van der Waals surface area (Å²) in [4.78, 5) is 26.4. The molecule has 0 aromatic heterocycles. The largest absolute Gasteiger partial charge is 0.388 e. The number of carbonyl (C=O) groups is 2. The Morgan fingerprint density at radius 1 is 1.39 bits per heavy atom. The van der Waals surface area contributed by atoms with Crippen LogP contribution in [0.4, 0.5) is 0 Å². The van der Waals surface area contributed by atoms with Crippen molar-refractivity contribution in [2.75, 3.05) is 26.2 Å². The van der Waals surface area contributed by atoms with Gasteiger partial charge in [-0.25, -0.2) is 0 Å². The van der Waals surface area contributed by atoms with E-state index in [1.165, 1.54) is 0 Å². The highest BCUT2D eigenvalue weighted by Gasteiger charge is 2.33. The molecule has 23 heavy (non-hydrogen) atoms. The Morgan fingerprint density at radius 2 is 2.09 bits per heavy atom. The number of carbonyl (C=O) groups excluding carboxylic acids is 2. The minimum Gasteiger partial charge on any atom is -0.388 e. The topological polar surface area (TPSA) is 81.7 Å². The van der Waals surface area contributed by atoms with Gasteiger partial charge < -0.3 is 15.7 Å². The van der Waals surface area contributed by atoms with E-state index in [1.54, 1.807) is 0 Å². The lowest BCUT2D eigenvalue weighted by atomic mass is 9.85. The number of rotatable bonds is 6. The molecule has 2 amide bonds. The van der Waals surface area contributed by atoms with E-state index in [0.29, 0.717) is 19.0 Å². The molecular formula is C17H31N3O3. The molecule has 2 rings (SSSR count). The minimum absolute atomic E-state index is 0.0663. The van der Waals surface area contributed by atoms with E-state index in [1.807, 2.05) is 0 Å². The molecule has 0 spiro atoms. The van der Waals surface area contributed by atoms with Crippen LogP contribution in [0.5, 0.6) is 0 Å². The summed E-state index contributed by atoms with van der Waals surface area (Å²) in [5, 5.41) is 16.1. The summed E-state index contributed by atoms with van der Waals surface area (Å²) in [6.45, 7) is 6.76. The number of hydrogen-bond donors (Lipinski definition) is 3. The summed E-state index contributed by atoms with van der Waals surface area (Å²) in [6, 6.07) is -0.396. The van der Waals surface area contributed by atoms with Crippen LogP contribution in [0.1, 0.15) is 52.4 Å². The first-order chi connectivity index (χ1) is 10.9. The predicted octanol–water partition coefficient (Wildman–Crippen LogP) is 0.644. The highest BCUT2D eigenvalue weighted by molar-refractivity contribution is 5.88. The summed E-state index contributed by atoms with van der Waals surface area (Å²) in [5.74, 6) is 0.234. The zero-order valence-electron chi connectivity index (χ0n) is 14.4. The monoisotopic (exact) mass is 325 g/mol. The first kappa shape index (κ1) is 18.2. The van der Waals surface area contributed by atoms with E-state index >= 15 is 0 Å². The van der Waals surface area contributed by atoms with Gasteiger partial charge in [-0.2, -0.15) is 0 Å². The molecule has 0 aromatic rings. The SMILES string of the molecule is CC(C)CN1CCNC(=O)C1CC(=O)NCC1(O)CCCCC1. The average molecular weight is 325 g/mol. The van der Waals surface area contributed by atoms with E-state index in [-0.39, 0.29) is 18.2 Å². The molecule has 1 aliphatic heterocycles. The maximum atomic E-state index is 12.2. The number of aliphatic hydroxyl groups is 1. The van der Waals surface area contributed by atoms with Crippen LogP contribution in [-0.4, -0.2) is 59.6 Å². The van der Waals surface area contributed by atoms with Gasteiger partial charge in [-0.1, -0.05) is 33.1 Å². The maximum absolute atomic E-state index is 12.2. The lowest BCUT2D eigenvalue weighted by Gasteiger charge is -2.36. The Labute approximate surface area is 139 Å². The quantitative estimate of drug-likeness (QED) is 0.669. The van der Waals surface area contributed by atoms with Crippen LogP contribution in [0, 0.1) is 5.92 Å². The molecule has 1 heterocycles. The fraction of sp³-hybridized carbons (Fsp3) is 0.882. The molecule has 1 unspecified atom stereocenters. The fourth-order valence-electron chi connectivity index (χ4n) is 3.57. The van der Waals surface area contributed by atoms with Crippen molar-refractivity contribution >= 4 is 11.8 Å². The Hall–Kier alpha value is -1.14. The van der Waals surface area contributed by atoms with E-state index in [2.05, 4.69) is 29.4 Å². The number of nitrogens with one attached hydrogen (secondary N) is 2. The third-order valence-corrected chi connectivity index (χ3v) is 4.82. The van der Waals surface area contributed by atoms with Gasteiger partial charge in [0.2, 0.25) is 11.8 Å². The van der Waals surface area contributed by atoms with Gasteiger partial charge in [0.1, 0.15) is 0 Å². The van der Waals surface area contributed by atoms with Crippen molar-refractivity contribution in [3.05, 3.63) is 0 Å². The second-order valence-corrected chi connectivity index (χ2v) is 7.46. The zero-order valence-corrected chi connectivity index (χ0v) is 14.4.